The van der Waals surface area contributed by atoms with Crippen LogP contribution in [0, 0.1) is 13.8 Å². The van der Waals surface area contributed by atoms with Crippen LogP contribution in [0.3, 0.4) is 0 Å². The smallest absolute Gasteiger partial charge is 0.291 e. The SMILES string of the molecule is Cc1ccc(NC(=O)c2ccc(CSc3nc4ccc(C)cc4o3)o2)cc1. The zero-order valence-corrected chi connectivity index (χ0v) is 15.8. The molecule has 0 saturated carbocycles. The van der Waals surface area contributed by atoms with Crippen LogP contribution in [0.25, 0.3) is 11.1 Å². The van der Waals surface area contributed by atoms with Gasteiger partial charge in [-0.25, -0.2) is 4.98 Å². The molecule has 0 spiro atoms. The second-order valence-electron chi connectivity index (χ2n) is 6.33. The minimum absolute atomic E-state index is 0.271. The summed E-state index contributed by atoms with van der Waals surface area (Å²) < 4.78 is 11.4. The Hall–Kier alpha value is -2.99. The van der Waals surface area contributed by atoms with E-state index in [1.165, 1.54) is 11.8 Å². The highest BCUT2D eigenvalue weighted by Crippen LogP contribution is 2.27. The van der Waals surface area contributed by atoms with Crippen molar-refractivity contribution in [1.82, 2.24) is 4.98 Å². The van der Waals surface area contributed by atoms with Crippen molar-refractivity contribution in [3.63, 3.8) is 0 Å². The maximum absolute atomic E-state index is 12.3. The van der Waals surface area contributed by atoms with E-state index in [0.717, 1.165) is 27.9 Å². The molecule has 0 aliphatic rings. The maximum atomic E-state index is 12.3. The number of rotatable bonds is 5. The van der Waals surface area contributed by atoms with Gasteiger partial charge in [0, 0.05) is 5.69 Å². The molecular formula is C21H18N2O3S. The van der Waals surface area contributed by atoms with Gasteiger partial charge in [0.05, 0.1) is 5.75 Å². The summed E-state index contributed by atoms with van der Waals surface area (Å²) in [6, 6.07) is 17.0. The molecule has 2 heterocycles. The van der Waals surface area contributed by atoms with Crippen LogP contribution in [-0.4, -0.2) is 10.9 Å². The van der Waals surface area contributed by atoms with Gasteiger partial charge in [0.25, 0.3) is 11.1 Å². The van der Waals surface area contributed by atoms with Crippen LogP contribution in [0.15, 0.2) is 68.7 Å². The van der Waals surface area contributed by atoms with E-state index >= 15 is 0 Å². The summed E-state index contributed by atoms with van der Waals surface area (Å²) in [5.74, 6) is 1.23. The van der Waals surface area contributed by atoms with Gasteiger partial charge in [-0.15, -0.1) is 0 Å². The molecule has 0 bridgehead atoms. The van der Waals surface area contributed by atoms with E-state index in [4.69, 9.17) is 8.83 Å². The number of anilines is 1. The van der Waals surface area contributed by atoms with Crippen molar-refractivity contribution < 1.29 is 13.6 Å². The quantitative estimate of drug-likeness (QED) is 0.459. The third-order valence-corrected chi connectivity index (χ3v) is 4.91. The van der Waals surface area contributed by atoms with E-state index < -0.39 is 0 Å². The molecule has 2 aromatic heterocycles. The summed E-state index contributed by atoms with van der Waals surface area (Å²) in [6.45, 7) is 4.01. The fraction of sp³-hybridized carbons (Fsp3) is 0.143. The van der Waals surface area contributed by atoms with Gasteiger partial charge in [-0.3, -0.25) is 4.79 Å². The average Bonchev–Trinajstić information content (AvgIpc) is 3.28. The monoisotopic (exact) mass is 378 g/mol. The lowest BCUT2D eigenvalue weighted by Gasteiger charge is -2.03. The second kappa shape index (κ2) is 7.32. The summed E-state index contributed by atoms with van der Waals surface area (Å²) in [5, 5.41) is 3.41. The summed E-state index contributed by atoms with van der Waals surface area (Å²) in [7, 11) is 0. The van der Waals surface area contributed by atoms with Crippen LogP contribution in [0.5, 0.6) is 0 Å². The molecule has 6 heteroatoms. The van der Waals surface area contributed by atoms with E-state index in [2.05, 4.69) is 10.3 Å². The van der Waals surface area contributed by atoms with Gasteiger partial charge >= 0.3 is 0 Å². The van der Waals surface area contributed by atoms with Crippen LogP contribution >= 0.6 is 11.8 Å². The lowest BCUT2D eigenvalue weighted by atomic mass is 10.2. The predicted molar refractivity (Wildman–Crippen MR) is 106 cm³/mol. The highest BCUT2D eigenvalue weighted by atomic mass is 32.2. The molecule has 1 N–H and O–H groups in total. The van der Waals surface area contributed by atoms with Crippen LogP contribution in [0.2, 0.25) is 0 Å². The largest absolute Gasteiger partial charge is 0.455 e. The molecule has 0 fully saturated rings. The van der Waals surface area contributed by atoms with Gasteiger partial charge in [-0.05, 0) is 55.8 Å². The number of nitrogens with one attached hydrogen (secondary N) is 1. The summed E-state index contributed by atoms with van der Waals surface area (Å²) in [4.78, 5) is 16.7. The number of oxazole rings is 1. The third kappa shape index (κ3) is 4.06. The van der Waals surface area contributed by atoms with Crippen LogP contribution < -0.4 is 5.32 Å². The molecule has 4 rings (SSSR count). The number of nitrogens with zero attached hydrogens (tertiary/aromatic N) is 1. The lowest BCUT2D eigenvalue weighted by Crippen LogP contribution is -2.10. The average molecular weight is 378 g/mol. The first-order chi connectivity index (χ1) is 13.1. The first-order valence-electron chi connectivity index (χ1n) is 8.53. The Bertz CT molecular complexity index is 1100. The molecule has 1 amide bonds. The number of carbonyl (C=O) groups excluding carboxylic acids is 1. The number of aryl methyl sites for hydroxylation is 2. The van der Waals surface area contributed by atoms with Gasteiger partial charge in [-0.2, -0.15) is 0 Å². The fourth-order valence-electron chi connectivity index (χ4n) is 2.61. The van der Waals surface area contributed by atoms with Gasteiger partial charge in [0.15, 0.2) is 11.3 Å². The molecule has 4 aromatic rings. The standard InChI is InChI=1S/C21H18N2O3S/c1-13-3-6-15(7-4-13)22-20(24)18-10-8-16(25-18)12-27-21-23-17-9-5-14(2)11-19(17)26-21/h3-11H,12H2,1-2H3,(H,22,24). The fourth-order valence-corrected chi connectivity index (χ4v) is 3.34. The molecule has 27 heavy (non-hydrogen) atoms. The lowest BCUT2D eigenvalue weighted by molar-refractivity contribution is 0.0995. The molecule has 136 valence electrons. The molecule has 2 aromatic carbocycles. The Kier molecular flexibility index (Phi) is 4.73. The van der Waals surface area contributed by atoms with Crippen molar-refractivity contribution in [3.8, 4) is 0 Å². The Labute approximate surface area is 160 Å². The van der Waals surface area contributed by atoms with Gasteiger partial charge in [0.2, 0.25) is 0 Å². The number of furan rings is 1. The van der Waals surface area contributed by atoms with Crippen molar-refractivity contribution in [2.24, 2.45) is 0 Å². The van der Waals surface area contributed by atoms with E-state index in [0.29, 0.717) is 16.7 Å². The zero-order valence-electron chi connectivity index (χ0n) is 15.0. The van der Waals surface area contributed by atoms with Crippen LogP contribution in [-0.2, 0) is 5.75 Å². The summed E-state index contributed by atoms with van der Waals surface area (Å²) in [5.41, 5.74) is 4.61. The van der Waals surface area contributed by atoms with E-state index in [-0.39, 0.29) is 11.7 Å². The highest BCUT2D eigenvalue weighted by molar-refractivity contribution is 7.98. The molecule has 0 unspecified atom stereocenters. The summed E-state index contributed by atoms with van der Waals surface area (Å²) in [6.07, 6.45) is 0. The molecule has 0 aliphatic carbocycles. The third-order valence-electron chi connectivity index (χ3n) is 4.06. The normalized spacial score (nSPS) is 11.0. The van der Waals surface area contributed by atoms with Gasteiger partial charge in [0.1, 0.15) is 11.3 Å². The molecular weight excluding hydrogens is 360 g/mol. The minimum atomic E-state index is -0.271. The van der Waals surface area contributed by atoms with Gasteiger partial charge < -0.3 is 14.2 Å². The van der Waals surface area contributed by atoms with Gasteiger partial charge in [-0.1, -0.05) is 35.5 Å². The summed E-state index contributed by atoms with van der Waals surface area (Å²) >= 11 is 1.43. The molecule has 0 aliphatic heterocycles. The highest BCUT2D eigenvalue weighted by Gasteiger charge is 2.13. The van der Waals surface area contributed by atoms with Crippen molar-refractivity contribution in [3.05, 3.63) is 77.2 Å². The van der Waals surface area contributed by atoms with Crippen LogP contribution in [0.1, 0.15) is 27.4 Å². The number of amides is 1. The zero-order chi connectivity index (χ0) is 18.8. The number of benzene rings is 2. The Morgan fingerprint density at radius 3 is 2.59 bits per heavy atom. The van der Waals surface area contributed by atoms with E-state index in [1.807, 2.05) is 56.3 Å². The Morgan fingerprint density at radius 2 is 1.78 bits per heavy atom. The first kappa shape index (κ1) is 17.4. The number of aromatic nitrogens is 1. The molecule has 0 atom stereocenters. The Morgan fingerprint density at radius 1 is 1.00 bits per heavy atom. The van der Waals surface area contributed by atoms with Crippen molar-refractivity contribution in [1.29, 1.82) is 0 Å². The van der Waals surface area contributed by atoms with Crippen molar-refractivity contribution in [2.45, 2.75) is 24.8 Å². The topological polar surface area (TPSA) is 68.3 Å². The van der Waals surface area contributed by atoms with Crippen LogP contribution in [0.4, 0.5) is 5.69 Å². The van der Waals surface area contributed by atoms with E-state index in [9.17, 15) is 4.79 Å². The number of fused-ring (bicyclic) bond motifs is 1. The predicted octanol–water partition coefficient (Wildman–Crippen LogP) is 5.58. The molecule has 0 saturated heterocycles. The first-order valence-corrected chi connectivity index (χ1v) is 9.52. The molecule has 5 nitrogen and oxygen atoms in total. The second-order valence-corrected chi connectivity index (χ2v) is 7.25. The van der Waals surface area contributed by atoms with E-state index in [1.54, 1.807) is 12.1 Å². The number of thioether (sulfide) groups is 1. The number of hydrogen-bond donors (Lipinski definition) is 1. The minimum Gasteiger partial charge on any atom is -0.455 e. The Balaban J connectivity index is 1.39. The molecule has 0 radical (unpaired) electrons. The van der Waals surface area contributed by atoms with Crippen molar-refractivity contribution >= 4 is 34.5 Å². The maximum Gasteiger partial charge on any atom is 0.291 e. The van der Waals surface area contributed by atoms with Crippen molar-refractivity contribution in [2.75, 3.05) is 5.32 Å². The number of carbonyl (C=O) groups is 1. The number of hydrogen-bond acceptors (Lipinski definition) is 5.